The van der Waals surface area contributed by atoms with Gasteiger partial charge in [-0.1, -0.05) is 60.7 Å². The lowest BCUT2D eigenvalue weighted by Crippen LogP contribution is -1.97. The zero-order chi connectivity index (χ0) is 41.0. The molecule has 5 aromatic heterocycles. The molecule has 0 spiro atoms. The molecular weight excluding hydrogens is 741 g/mol. The summed E-state index contributed by atoms with van der Waals surface area (Å²) in [5.74, 6) is 4.34. The molecule has 5 heterocycles. The molecule has 0 fully saturated rings. The normalized spacial score (nSPS) is 11.7. The van der Waals surface area contributed by atoms with Gasteiger partial charge in [0.1, 0.15) is 34.6 Å². The zero-order valence-corrected chi connectivity index (χ0v) is 32.7. The molecule has 11 aromatic rings. The quantitative estimate of drug-likeness (QED) is 0.153. The summed E-state index contributed by atoms with van der Waals surface area (Å²) in [6, 6.07) is 52.5. The third-order valence-electron chi connectivity index (χ3n) is 10.9. The molecule has 0 N–H and O–H groups in total. The largest absolute Gasteiger partial charge is 0.457 e. The topological polar surface area (TPSA) is 79.9 Å². The van der Waals surface area contributed by atoms with Gasteiger partial charge in [-0.25, -0.2) is 9.97 Å². The highest BCUT2D eigenvalue weighted by Crippen LogP contribution is 2.37. The molecule has 0 bridgehead atoms. The summed E-state index contributed by atoms with van der Waals surface area (Å²) >= 11 is 0. The number of nitrogens with zero attached hydrogens (tertiary/aromatic N) is 6. The van der Waals surface area contributed by atoms with E-state index in [1.54, 1.807) is 6.20 Å². The van der Waals surface area contributed by atoms with E-state index in [-0.39, 0.29) is 6.17 Å². The summed E-state index contributed by atoms with van der Waals surface area (Å²) in [4.78, 5) is 18.8. The highest BCUT2D eigenvalue weighted by molar-refractivity contribution is 6.10. The van der Waals surface area contributed by atoms with E-state index in [0.717, 1.165) is 77.5 Å². The molecule has 286 valence electrons. The fourth-order valence-corrected chi connectivity index (χ4v) is 8.08. The van der Waals surface area contributed by atoms with Crippen molar-refractivity contribution in [3.8, 4) is 57.1 Å². The lowest BCUT2D eigenvalue weighted by Gasteiger charge is -2.11. The van der Waals surface area contributed by atoms with Gasteiger partial charge in [0, 0.05) is 57.2 Å². The monoisotopic (exact) mass is 777 g/mol. The van der Waals surface area contributed by atoms with Gasteiger partial charge in [0.05, 0.1) is 47.2 Å². The maximum atomic E-state index is 8.95. The predicted molar refractivity (Wildman–Crippen MR) is 240 cm³/mol. The van der Waals surface area contributed by atoms with Crippen LogP contribution in [-0.4, -0.2) is 29.1 Å². The number of aromatic nitrogens is 6. The fraction of sp³-hybridized carbons (Fsp3) is 0.0385. The number of para-hydroxylation sites is 2. The van der Waals surface area contributed by atoms with Crippen LogP contribution >= 0.6 is 0 Å². The van der Waals surface area contributed by atoms with Gasteiger partial charge in [-0.3, -0.25) is 19.1 Å². The van der Waals surface area contributed by atoms with Crippen LogP contribution in [0.3, 0.4) is 0 Å². The lowest BCUT2D eigenvalue weighted by atomic mass is 10.1. The molecule has 0 saturated heterocycles. The predicted octanol–water partition coefficient (Wildman–Crippen LogP) is 13.0. The number of pyridine rings is 2. The zero-order valence-electron chi connectivity index (χ0n) is 33.7. The van der Waals surface area contributed by atoms with Crippen LogP contribution in [-0.2, 0) is 0 Å². The van der Waals surface area contributed by atoms with Crippen LogP contribution in [0.4, 0.5) is 0 Å². The Balaban J connectivity index is 0.866. The van der Waals surface area contributed by atoms with Crippen LogP contribution in [0.2, 0.25) is 0 Å². The fourth-order valence-electron chi connectivity index (χ4n) is 8.08. The third kappa shape index (κ3) is 6.27. The Kier molecular flexibility index (Phi) is 8.14. The Morgan fingerprint density at radius 2 is 0.900 bits per heavy atom. The van der Waals surface area contributed by atoms with E-state index in [4.69, 9.17) is 25.8 Å². The number of hydrogen-bond donors (Lipinski definition) is 0. The number of fused-ring (bicyclic) bond motifs is 6. The molecule has 0 unspecified atom stereocenters. The smallest absolute Gasteiger partial charge is 0.137 e. The minimum absolute atomic E-state index is 0.0561. The van der Waals surface area contributed by atoms with Crippen LogP contribution in [0.15, 0.2) is 182 Å². The van der Waals surface area contributed by atoms with Crippen molar-refractivity contribution < 1.29 is 10.8 Å². The van der Waals surface area contributed by atoms with Crippen LogP contribution in [0, 0.1) is 13.8 Å². The molecule has 0 aliphatic heterocycles. The van der Waals surface area contributed by atoms with Crippen molar-refractivity contribution >= 4 is 43.6 Å². The molecule has 0 radical (unpaired) electrons. The summed E-state index contributed by atoms with van der Waals surface area (Å²) in [7, 11) is 0. The van der Waals surface area contributed by atoms with Crippen molar-refractivity contribution in [2.24, 2.45) is 0 Å². The minimum Gasteiger partial charge on any atom is -0.457 e. The van der Waals surface area contributed by atoms with Gasteiger partial charge >= 0.3 is 0 Å². The molecule has 0 aliphatic rings. The van der Waals surface area contributed by atoms with Crippen LogP contribution in [0.25, 0.3) is 77.8 Å². The Morgan fingerprint density at radius 1 is 0.417 bits per heavy atom. The number of aryl methyl sites for hydroxylation is 2. The first-order chi connectivity index (χ1) is 29.9. The van der Waals surface area contributed by atoms with Gasteiger partial charge in [0.2, 0.25) is 0 Å². The van der Waals surface area contributed by atoms with Crippen molar-refractivity contribution in [2.45, 2.75) is 13.8 Å². The molecule has 8 heteroatoms. The highest BCUT2D eigenvalue weighted by Gasteiger charge is 2.16. The van der Waals surface area contributed by atoms with Crippen LogP contribution in [0.5, 0.6) is 23.0 Å². The molecule has 0 atom stereocenters. The molecule has 0 aliphatic carbocycles. The minimum atomic E-state index is 0.0561. The maximum Gasteiger partial charge on any atom is 0.137 e. The molecule has 6 aromatic carbocycles. The van der Waals surface area contributed by atoms with Crippen molar-refractivity contribution in [1.82, 2.24) is 29.1 Å². The summed E-state index contributed by atoms with van der Waals surface area (Å²) < 4.78 is 26.2. The molecule has 0 amide bonds. The average molecular weight is 778 g/mol. The Hall–Kier alpha value is -8.10. The second-order valence-electron chi connectivity index (χ2n) is 14.9. The molecule has 8 nitrogen and oxygen atoms in total. The van der Waals surface area contributed by atoms with Crippen molar-refractivity contribution in [1.29, 1.82) is 0 Å². The first-order valence-electron chi connectivity index (χ1n) is 20.3. The van der Waals surface area contributed by atoms with Gasteiger partial charge in [0.15, 0.2) is 0 Å². The summed E-state index contributed by atoms with van der Waals surface area (Å²) in [5, 5.41) is 4.53. The highest BCUT2D eigenvalue weighted by atomic mass is 16.5. The Bertz CT molecular complexity index is 3500. The third-order valence-corrected chi connectivity index (χ3v) is 10.9. The van der Waals surface area contributed by atoms with E-state index in [1.807, 2.05) is 97.3 Å². The van der Waals surface area contributed by atoms with E-state index in [0.29, 0.717) is 34.4 Å². The van der Waals surface area contributed by atoms with Gasteiger partial charge in [0.25, 0.3) is 0 Å². The number of benzene rings is 6. The SMILES string of the molecule is [2H]c1nc(-c2cccc(Oc3ccc4c5ccccc5n(-c5cc(C)ccn5)c4c3)c2)cnc1-c1cccc(Oc2ccc3c4ccccc4n(-c4cc(C)ccn4)c3c2)c1. The van der Waals surface area contributed by atoms with Gasteiger partial charge < -0.3 is 9.47 Å². The Labute approximate surface area is 347 Å². The summed E-state index contributed by atoms with van der Waals surface area (Å²) in [6.07, 6.45) is 5.44. The van der Waals surface area contributed by atoms with Crippen LogP contribution in [0.1, 0.15) is 12.5 Å². The second kappa shape index (κ2) is 14.4. The summed E-state index contributed by atoms with van der Waals surface area (Å²) in [6.45, 7) is 4.14. The Morgan fingerprint density at radius 3 is 1.42 bits per heavy atom. The van der Waals surface area contributed by atoms with Crippen molar-refractivity contribution in [2.75, 3.05) is 0 Å². The second-order valence-corrected chi connectivity index (χ2v) is 14.9. The molecule has 0 saturated carbocycles. The first kappa shape index (κ1) is 34.0. The summed E-state index contributed by atoms with van der Waals surface area (Å²) in [5.41, 5.74) is 8.97. The van der Waals surface area contributed by atoms with E-state index in [9.17, 15) is 0 Å². The number of rotatable bonds is 8. The first-order valence-corrected chi connectivity index (χ1v) is 19.8. The van der Waals surface area contributed by atoms with E-state index in [1.165, 1.54) is 0 Å². The number of ether oxygens (including phenoxy) is 2. The number of hydrogen-bond acceptors (Lipinski definition) is 6. The molecular formula is C52H36N6O2. The van der Waals surface area contributed by atoms with Gasteiger partial charge in [-0.2, -0.15) is 0 Å². The standard InChI is InChI=1S/C52H36N6O2/c1-33-21-23-53-51(25-33)57-47-15-5-3-13-41(47)43-19-17-39(29-49(43)57)59-37-11-7-9-35(27-37)45-31-56-46(32-55-45)36-10-8-12-38(28-36)60-40-18-20-44-42-14-4-6-16-48(42)58(50(44)30-40)52-26-34(2)22-24-54-52/h3-32H,1-2H3/i31D. The average Bonchev–Trinajstić information content (AvgIpc) is 3.78. The van der Waals surface area contributed by atoms with Crippen LogP contribution < -0.4 is 9.47 Å². The maximum absolute atomic E-state index is 8.95. The lowest BCUT2D eigenvalue weighted by molar-refractivity contribution is 0.483. The van der Waals surface area contributed by atoms with Crippen molar-refractivity contribution in [3.63, 3.8) is 0 Å². The van der Waals surface area contributed by atoms with E-state index < -0.39 is 0 Å². The van der Waals surface area contributed by atoms with Crippen molar-refractivity contribution in [3.05, 3.63) is 194 Å². The molecule has 60 heavy (non-hydrogen) atoms. The molecule has 11 rings (SSSR count). The van der Waals surface area contributed by atoms with E-state index in [2.05, 4.69) is 101 Å². The van der Waals surface area contributed by atoms with Gasteiger partial charge in [-0.15, -0.1) is 0 Å². The van der Waals surface area contributed by atoms with Gasteiger partial charge in [-0.05, 0) is 110 Å². The van der Waals surface area contributed by atoms with E-state index >= 15 is 0 Å².